The molecule has 0 aliphatic heterocycles. The minimum atomic E-state index is -0.601. The molecule has 0 saturated carbocycles. The van der Waals surface area contributed by atoms with Crippen LogP contribution in [0, 0.1) is 13.8 Å². The standard InChI is InChI=1S/C19H22N4O4/c1-12-3-5-14(6-4-12)11-21-17(25)9-10-20-16(24)8-7-15-13(2)22-19(27)23-18(15)26/h3-8H,9-11H2,1-2H3,(H,20,24)(H,21,25)(H2,22,23,26,27)/b8-7+. The molecule has 0 aliphatic carbocycles. The van der Waals surface area contributed by atoms with Gasteiger partial charge in [-0.1, -0.05) is 29.8 Å². The van der Waals surface area contributed by atoms with Crippen LogP contribution in [0.1, 0.15) is 28.8 Å². The van der Waals surface area contributed by atoms with Gasteiger partial charge >= 0.3 is 5.69 Å². The molecule has 0 unspecified atom stereocenters. The van der Waals surface area contributed by atoms with Crippen molar-refractivity contribution in [3.05, 3.63) is 73.6 Å². The maximum atomic E-state index is 11.8. The highest BCUT2D eigenvalue weighted by molar-refractivity contribution is 5.92. The predicted octanol–water partition coefficient (Wildman–Crippen LogP) is 0.516. The number of nitrogens with one attached hydrogen (secondary N) is 4. The van der Waals surface area contributed by atoms with Crippen LogP contribution in [0.3, 0.4) is 0 Å². The topological polar surface area (TPSA) is 124 Å². The highest BCUT2D eigenvalue weighted by atomic mass is 16.2. The summed E-state index contributed by atoms with van der Waals surface area (Å²) in [5, 5.41) is 5.35. The number of rotatable bonds is 7. The molecule has 0 aliphatic rings. The van der Waals surface area contributed by atoms with E-state index in [0.717, 1.165) is 11.1 Å². The van der Waals surface area contributed by atoms with Crippen molar-refractivity contribution in [2.45, 2.75) is 26.8 Å². The number of H-pyrrole nitrogens is 2. The minimum absolute atomic E-state index is 0.143. The highest BCUT2D eigenvalue weighted by Crippen LogP contribution is 2.02. The van der Waals surface area contributed by atoms with E-state index in [1.807, 2.05) is 31.2 Å². The molecule has 0 bridgehead atoms. The van der Waals surface area contributed by atoms with E-state index in [2.05, 4.69) is 20.6 Å². The van der Waals surface area contributed by atoms with Gasteiger partial charge in [-0.3, -0.25) is 19.4 Å². The number of aryl methyl sites for hydroxylation is 2. The number of benzene rings is 1. The van der Waals surface area contributed by atoms with Crippen molar-refractivity contribution in [2.75, 3.05) is 6.54 Å². The molecule has 0 fully saturated rings. The molecule has 0 atom stereocenters. The van der Waals surface area contributed by atoms with Gasteiger partial charge in [-0.25, -0.2) is 4.79 Å². The smallest absolute Gasteiger partial charge is 0.325 e. The zero-order valence-electron chi connectivity index (χ0n) is 15.2. The minimum Gasteiger partial charge on any atom is -0.352 e. The first-order chi connectivity index (χ1) is 12.8. The Labute approximate surface area is 155 Å². The second-order valence-corrected chi connectivity index (χ2v) is 6.08. The number of aromatic nitrogens is 2. The molecule has 2 amide bonds. The normalized spacial score (nSPS) is 10.7. The van der Waals surface area contributed by atoms with Crippen molar-refractivity contribution in [3.63, 3.8) is 0 Å². The Hall–Kier alpha value is -3.42. The summed E-state index contributed by atoms with van der Waals surface area (Å²) in [5.41, 5.74) is 1.54. The molecule has 142 valence electrons. The number of aromatic amines is 2. The molecule has 8 nitrogen and oxygen atoms in total. The van der Waals surface area contributed by atoms with Crippen LogP contribution < -0.4 is 21.9 Å². The van der Waals surface area contributed by atoms with Crippen molar-refractivity contribution in [3.8, 4) is 0 Å². The number of carbonyl (C=O) groups is 2. The van der Waals surface area contributed by atoms with E-state index < -0.39 is 17.2 Å². The second-order valence-electron chi connectivity index (χ2n) is 6.08. The summed E-state index contributed by atoms with van der Waals surface area (Å²) >= 11 is 0. The maximum Gasteiger partial charge on any atom is 0.325 e. The molecule has 4 N–H and O–H groups in total. The van der Waals surface area contributed by atoms with Gasteiger partial charge in [0.15, 0.2) is 0 Å². The summed E-state index contributed by atoms with van der Waals surface area (Å²) in [6, 6.07) is 7.85. The van der Waals surface area contributed by atoms with Gasteiger partial charge in [-0.2, -0.15) is 0 Å². The van der Waals surface area contributed by atoms with E-state index >= 15 is 0 Å². The van der Waals surface area contributed by atoms with E-state index in [0.29, 0.717) is 12.2 Å². The van der Waals surface area contributed by atoms with Gasteiger partial charge in [0.05, 0.1) is 5.56 Å². The van der Waals surface area contributed by atoms with Gasteiger partial charge in [0.2, 0.25) is 11.8 Å². The molecule has 27 heavy (non-hydrogen) atoms. The van der Waals surface area contributed by atoms with Crippen molar-refractivity contribution in [1.82, 2.24) is 20.6 Å². The molecule has 8 heteroatoms. The maximum absolute atomic E-state index is 11.8. The van der Waals surface area contributed by atoms with Gasteiger partial charge in [-0.05, 0) is 25.5 Å². The summed E-state index contributed by atoms with van der Waals surface area (Å²) in [4.78, 5) is 50.9. The van der Waals surface area contributed by atoms with Crippen LogP contribution >= 0.6 is 0 Å². The number of hydrogen-bond donors (Lipinski definition) is 4. The lowest BCUT2D eigenvalue weighted by atomic mass is 10.1. The molecular formula is C19H22N4O4. The molecule has 1 aromatic heterocycles. The van der Waals surface area contributed by atoms with Gasteiger partial charge in [0.25, 0.3) is 5.56 Å². The van der Waals surface area contributed by atoms with Crippen LogP contribution in [-0.4, -0.2) is 28.3 Å². The van der Waals surface area contributed by atoms with Crippen molar-refractivity contribution < 1.29 is 9.59 Å². The lowest BCUT2D eigenvalue weighted by Crippen LogP contribution is -2.29. The van der Waals surface area contributed by atoms with Crippen molar-refractivity contribution in [2.24, 2.45) is 0 Å². The molecule has 2 rings (SSSR count). The van der Waals surface area contributed by atoms with Crippen LogP contribution in [-0.2, 0) is 16.1 Å². The third-order valence-corrected chi connectivity index (χ3v) is 3.84. The first-order valence-corrected chi connectivity index (χ1v) is 8.46. The zero-order chi connectivity index (χ0) is 19.8. The van der Waals surface area contributed by atoms with Crippen molar-refractivity contribution >= 4 is 17.9 Å². The monoisotopic (exact) mass is 370 g/mol. The highest BCUT2D eigenvalue weighted by Gasteiger charge is 2.05. The average molecular weight is 370 g/mol. The van der Waals surface area contributed by atoms with E-state index in [1.54, 1.807) is 6.92 Å². The molecule has 0 saturated heterocycles. The second kappa shape index (κ2) is 9.33. The first-order valence-electron chi connectivity index (χ1n) is 8.46. The quantitative estimate of drug-likeness (QED) is 0.530. The average Bonchev–Trinajstić information content (AvgIpc) is 2.60. The zero-order valence-corrected chi connectivity index (χ0v) is 15.2. The van der Waals surface area contributed by atoms with E-state index in [9.17, 15) is 19.2 Å². The Morgan fingerprint density at radius 1 is 1.04 bits per heavy atom. The van der Waals surface area contributed by atoms with Crippen molar-refractivity contribution in [1.29, 1.82) is 0 Å². The fourth-order valence-corrected chi connectivity index (χ4v) is 2.32. The summed E-state index contributed by atoms with van der Waals surface area (Å²) in [6.45, 7) is 4.16. The molecule has 0 spiro atoms. The number of hydrogen-bond acceptors (Lipinski definition) is 4. The SMILES string of the molecule is Cc1ccc(CNC(=O)CCNC(=O)/C=C/c2c(C)[nH]c(=O)[nH]c2=O)cc1. The molecule has 1 aromatic carbocycles. The van der Waals surface area contributed by atoms with E-state index in [1.165, 1.54) is 12.2 Å². The van der Waals surface area contributed by atoms with Gasteiger partial charge in [0.1, 0.15) is 0 Å². The molecule has 1 heterocycles. The third kappa shape index (κ3) is 6.43. The number of amides is 2. The number of carbonyl (C=O) groups excluding carboxylic acids is 2. The fourth-order valence-electron chi connectivity index (χ4n) is 2.32. The molecule has 0 radical (unpaired) electrons. The van der Waals surface area contributed by atoms with E-state index in [-0.39, 0.29) is 24.4 Å². The Morgan fingerprint density at radius 3 is 2.41 bits per heavy atom. The van der Waals surface area contributed by atoms with Gasteiger partial charge < -0.3 is 15.6 Å². The third-order valence-electron chi connectivity index (χ3n) is 3.84. The summed E-state index contributed by atoms with van der Waals surface area (Å²) < 4.78 is 0. The lowest BCUT2D eigenvalue weighted by molar-refractivity contribution is -0.121. The Morgan fingerprint density at radius 2 is 1.74 bits per heavy atom. The Balaban J connectivity index is 1.75. The van der Waals surface area contributed by atoms with Crippen LogP contribution in [0.15, 0.2) is 39.9 Å². The van der Waals surface area contributed by atoms with Crippen LogP contribution in [0.2, 0.25) is 0 Å². The van der Waals surface area contributed by atoms with Gasteiger partial charge in [-0.15, -0.1) is 0 Å². The van der Waals surface area contributed by atoms with Crippen LogP contribution in [0.25, 0.3) is 6.08 Å². The Bertz CT molecular complexity index is 955. The Kier molecular flexibility index (Phi) is 6.87. The molecular weight excluding hydrogens is 348 g/mol. The van der Waals surface area contributed by atoms with Crippen LogP contribution in [0.5, 0.6) is 0 Å². The largest absolute Gasteiger partial charge is 0.352 e. The molecule has 2 aromatic rings. The van der Waals surface area contributed by atoms with Crippen LogP contribution in [0.4, 0.5) is 0 Å². The first kappa shape index (κ1) is 19.9. The summed E-state index contributed by atoms with van der Waals surface area (Å²) in [6.07, 6.45) is 2.64. The lowest BCUT2D eigenvalue weighted by Gasteiger charge is -2.06. The summed E-state index contributed by atoms with van der Waals surface area (Å²) in [7, 11) is 0. The van der Waals surface area contributed by atoms with E-state index in [4.69, 9.17) is 0 Å². The predicted molar refractivity (Wildman–Crippen MR) is 102 cm³/mol. The van der Waals surface area contributed by atoms with Gasteiger partial charge in [0, 0.05) is 31.3 Å². The fraction of sp³-hybridized carbons (Fsp3) is 0.263. The summed E-state index contributed by atoms with van der Waals surface area (Å²) in [5.74, 6) is -0.612.